The Morgan fingerprint density at radius 2 is 1.21 bits per heavy atom. The first-order chi connectivity index (χ1) is 29.7. The molecule has 4 aliphatic rings. The van der Waals surface area contributed by atoms with E-state index in [0.29, 0.717) is 70.5 Å². The molecule has 2 amide bonds. The number of aliphatic hydroxyl groups excluding tert-OH is 1. The highest BCUT2D eigenvalue weighted by Gasteiger charge is 2.40. The van der Waals surface area contributed by atoms with Crippen LogP contribution in [0.3, 0.4) is 0 Å². The van der Waals surface area contributed by atoms with Crippen LogP contribution in [0.25, 0.3) is 5.57 Å². The van der Waals surface area contributed by atoms with Gasteiger partial charge in [0.05, 0.1) is 25.8 Å². The number of halogens is 3. The van der Waals surface area contributed by atoms with Gasteiger partial charge in [-0.1, -0.05) is 66.4 Å². The summed E-state index contributed by atoms with van der Waals surface area (Å²) in [5, 5.41) is 11.9. The third-order valence-electron chi connectivity index (χ3n) is 11.7. The predicted molar refractivity (Wildman–Crippen MR) is 249 cm³/mol. The average molecular weight is 908 g/mol. The lowest BCUT2D eigenvalue weighted by molar-refractivity contribution is -0.118. The molecule has 4 heterocycles. The van der Waals surface area contributed by atoms with Gasteiger partial charge in [-0.2, -0.15) is 0 Å². The van der Waals surface area contributed by atoms with Gasteiger partial charge in [-0.25, -0.2) is 0 Å². The molecule has 2 atom stereocenters. The minimum atomic E-state index is -0.911. The molecule has 1 N–H and O–H groups in total. The molecule has 0 bridgehead atoms. The van der Waals surface area contributed by atoms with Crippen LogP contribution in [0.1, 0.15) is 62.0 Å². The number of benzene rings is 4. The Balaban J connectivity index is 0.000000204. The number of methoxy groups -OCH3 is 2. The molecule has 14 heteroatoms. The molecule has 0 aliphatic carbocycles. The Hall–Kier alpha value is -4.49. The second kappa shape index (κ2) is 22.7. The highest BCUT2D eigenvalue weighted by molar-refractivity contribution is 6.32. The lowest BCUT2D eigenvalue weighted by Gasteiger charge is -2.26. The maximum absolute atomic E-state index is 13.2. The van der Waals surface area contributed by atoms with Crippen LogP contribution in [0.2, 0.25) is 10.0 Å². The number of ether oxygens (including phenoxy) is 4. The fourth-order valence-electron chi connectivity index (χ4n) is 8.46. The molecule has 2 unspecified atom stereocenters. The quantitative estimate of drug-likeness (QED) is 0.133. The number of anilines is 2. The zero-order chi connectivity index (χ0) is 42.7. The zero-order valence-electron chi connectivity index (χ0n) is 35.5. The standard InChI is InChI=1S/C24H29ClN2O4.C24H27ClN2O3.ClH/c1-30-21-9-8-19(15-22(21)31-13-12-26-10-3-2-4-11-26)27-23(28)16-20(24(27)29)17-6-5-7-18(25)14-17;1-29-22-9-8-20(17-23(22)30-15-14-26-11-3-2-4-12-26)27-13-10-21(24(27)28)18-6-5-7-19(25)16-18;/h5-9,14-15,20,23,28H,2-4,10-13,16H2,1H3;5-10,16-17H,2-4,11-15H2,1H3;1H. The summed E-state index contributed by atoms with van der Waals surface area (Å²) in [6, 6.07) is 25.6. The summed E-state index contributed by atoms with van der Waals surface area (Å²) in [4.78, 5) is 34.2. The smallest absolute Gasteiger partial charge is 0.258 e. The number of carbonyl (C=O) groups is 2. The molecule has 332 valence electrons. The predicted octanol–water partition coefficient (Wildman–Crippen LogP) is 9.12. The summed E-state index contributed by atoms with van der Waals surface area (Å²) in [6.45, 7) is 7.91. The normalized spacial score (nSPS) is 19.3. The Morgan fingerprint density at radius 3 is 1.77 bits per heavy atom. The third kappa shape index (κ3) is 11.7. The van der Waals surface area contributed by atoms with Crippen molar-refractivity contribution in [1.29, 1.82) is 0 Å². The van der Waals surface area contributed by atoms with Crippen LogP contribution in [-0.2, 0) is 9.59 Å². The van der Waals surface area contributed by atoms with Gasteiger partial charge in [-0.05, 0) is 112 Å². The van der Waals surface area contributed by atoms with Crippen molar-refractivity contribution in [3.63, 3.8) is 0 Å². The highest BCUT2D eigenvalue weighted by atomic mass is 35.5. The van der Waals surface area contributed by atoms with Gasteiger partial charge in [0, 0.05) is 59.5 Å². The number of likely N-dealkylation sites (tertiary alicyclic amines) is 2. The van der Waals surface area contributed by atoms with Crippen LogP contribution >= 0.6 is 35.6 Å². The summed E-state index contributed by atoms with van der Waals surface area (Å²) in [7, 11) is 3.23. The summed E-state index contributed by atoms with van der Waals surface area (Å²) >= 11 is 12.2. The number of amides is 2. The van der Waals surface area contributed by atoms with Crippen molar-refractivity contribution >= 4 is 64.4 Å². The molecule has 0 saturated carbocycles. The van der Waals surface area contributed by atoms with E-state index in [1.165, 1.54) is 43.4 Å². The minimum Gasteiger partial charge on any atom is -0.493 e. The summed E-state index contributed by atoms with van der Waals surface area (Å²) < 4.78 is 23.0. The number of nitrogens with zero attached hydrogens (tertiary/aromatic N) is 4. The van der Waals surface area contributed by atoms with Gasteiger partial charge < -0.3 is 29.0 Å². The average Bonchev–Trinajstić information content (AvgIpc) is 3.82. The molecule has 62 heavy (non-hydrogen) atoms. The van der Waals surface area contributed by atoms with Gasteiger partial charge in [-0.3, -0.25) is 24.3 Å². The summed E-state index contributed by atoms with van der Waals surface area (Å²) in [5.41, 5.74) is 3.70. The molecular weight excluding hydrogens is 851 g/mol. The SMILES string of the molecule is COc1ccc(N2C(=O)C(c3cccc(Cl)c3)CC2O)cc1OCCN1CCCCC1.COc1ccc(N2CC=C(c3cccc(Cl)c3)C2=O)cc1OCCN1CCCCC1.Cl. The Labute approximate surface area is 381 Å². The van der Waals surface area contributed by atoms with Crippen molar-refractivity contribution < 1.29 is 33.6 Å². The fourth-order valence-corrected chi connectivity index (χ4v) is 8.85. The van der Waals surface area contributed by atoms with Crippen molar-refractivity contribution in [1.82, 2.24) is 9.80 Å². The van der Waals surface area contributed by atoms with E-state index >= 15 is 0 Å². The minimum absolute atomic E-state index is 0. The Morgan fingerprint density at radius 1 is 0.661 bits per heavy atom. The lowest BCUT2D eigenvalue weighted by Crippen LogP contribution is -2.34. The van der Waals surface area contributed by atoms with Crippen LogP contribution < -0.4 is 28.7 Å². The van der Waals surface area contributed by atoms with E-state index in [1.54, 1.807) is 55.5 Å². The Bertz CT molecular complexity index is 2160. The molecule has 0 spiro atoms. The van der Waals surface area contributed by atoms with Gasteiger partial charge in [0.25, 0.3) is 5.91 Å². The number of piperidine rings is 2. The lowest BCUT2D eigenvalue weighted by atomic mass is 9.97. The van der Waals surface area contributed by atoms with Gasteiger partial charge in [0.15, 0.2) is 23.0 Å². The van der Waals surface area contributed by atoms with Crippen molar-refractivity contribution in [3.8, 4) is 23.0 Å². The van der Waals surface area contributed by atoms with Gasteiger partial charge >= 0.3 is 0 Å². The van der Waals surface area contributed by atoms with E-state index in [2.05, 4.69) is 9.80 Å². The van der Waals surface area contributed by atoms with Gasteiger partial charge in [-0.15, -0.1) is 12.4 Å². The molecule has 0 radical (unpaired) electrons. The summed E-state index contributed by atoms with van der Waals surface area (Å²) in [5.74, 6) is 1.89. The number of carbonyl (C=O) groups excluding carboxylic acids is 2. The Kier molecular flexibility index (Phi) is 17.2. The maximum Gasteiger partial charge on any atom is 0.258 e. The number of aliphatic hydroxyl groups is 1. The molecule has 3 fully saturated rings. The van der Waals surface area contributed by atoms with E-state index in [1.807, 2.05) is 54.6 Å². The molecule has 4 aromatic carbocycles. The molecule has 4 aliphatic heterocycles. The van der Waals surface area contributed by atoms with Crippen LogP contribution in [0, 0.1) is 0 Å². The van der Waals surface area contributed by atoms with Crippen LogP contribution in [0.5, 0.6) is 23.0 Å². The van der Waals surface area contributed by atoms with Crippen LogP contribution in [0.4, 0.5) is 11.4 Å². The van der Waals surface area contributed by atoms with E-state index in [4.69, 9.17) is 42.1 Å². The largest absolute Gasteiger partial charge is 0.493 e. The highest BCUT2D eigenvalue weighted by Crippen LogP contribution is 2.40. The van der Waals surface area contributed by atoms with E-state index in [-0.39, 0.29) is 24.2 Å². The van der Waals surface area contributed by atoms with Crippen LogP contribution in [0.15, 0.2) is 91.0 Å². The summed E-state index contributed by atoms with van der Waals surface area (Å²) in [6.07, 6.45) is 8.97. The number of hydrogen-bond acceptors (Lipinski definition) is 9. The number of hydrogen-bond donors (Lipinski definition) is 1. The second-order valence-corrected chi connectivity index (χ2v) is 16.6. The molecule has 3 saturated heterocycles. The fraction of sp³-hybridized carbons (Fsp3) is 0.417. The van der Waals surface area contributed by atoms with Gasteiger partial charge in [0.2, 0.25) is 5.91 Å². The van der Waals surface area contributed by atoms with Crippen molar-refractivity contribution in [2.75, 3.05) is 83.0 Å². The third-order valence-corrected chi connectivity index (χ3v) is 12.2. The van der Waals surface area contributed by atoms with Gasteiger partial charge in [0.1, 0.15) is 19.4 Å². The maximum atomic E-state index is 13.2. The number of rotatable bonds is 14. The first-order valence-corrected chi connectivity index (χ1v) is 22.1. The molecule has 4 aromatic rings. The first kappa shape index (κ1) is 47.0. The van der Waals surface area contributed by atoms with E-state index in [9.17, 15) is 14.7 Å². The zero-order valence-corrected chi connectivity index (χ0v) is 37.8. The van der Waals surface area contributed by atoms with Crippen molar-refractivity contribution in [2.24, 2.45) is 0 Å². The first-order valence-electron chi connectivity index (χ1n) is 21.3. The van der Waals surface area contributed by atoms with E-state index < -0.39 is 12.1 Å². The monoisotopic (exact) mass is 906 g/mol. The van der Waals surface area contributed by atoms with Crippen molar-refractivity contribution in [2.45, 2.75) is 57.1 Å². The topological polar surface area (TPSA) is 104 Å². The molecule has 11 nitrogen and oxygen atoms in total. The second-order valence-electron chi connectivity index (χ2n) is 15.7. The molecule has 8 rings (SSSR count). The van der Waals surface area contributed by atoms with E-state index in [0.717, 1.165) is 56.1 Å². The van der Waals surface area contributed by atoms with Crippen molar-refractivity contribution in [3.05, 3.63) is 112 Å². The van der Waals surface area contributed by atoms with Crippen LogP contribution in [-0.4, -0.2) is 106 Å². The molecule has 0 aromatic heterocycles. The molecular formula is C48H57Cl3N4O7.